The number of benzene rings is 2. The number of esters is 1. The topological polar surface area (TPSA) is 76.1 Å². The first-order valence-electron chi connectivity index (χ1n) is 9.83. The average Bonchev–Trinajstić information content (AvgIpc) is 2.72. The molecule has 1 fully saturated rings. The number of nitrogens with zero attached hydrogens (tertiary/aromatic N) is 1. The maximum absolute atomic E-state index is 12.5. The van der Waals surface area contributed by atoms with E-state index in [0.29, 0.717) is 18.8 Å². The fraction of sp³-hybridized carbons (Fsp3) is 0.391. The maximum atomic E-state index is 12.5. The van der Waals surface area contributed by atoms with Crippen molar-refractivity contribution in [3.05, 3.63) is 65.7 Å². The summed E-state index contributed by atoms with van der Waals surface area (Å²) < 4.78 is 11.4. The highest BCUT2D eigenvalue weighted by Crippen LogP contribution is 2.30. The van der Waals surface area contributed by atoms with E-state index in [-0.39, 0.29) is 12.5 Å². The van der Waals surface area contributed by atoms with Crippen LogP contribution in [0.4, 0.5) is 4.79 Å². The van der Waals surface area contributed by atoms with Crippen molar-refractivity contribution < 1.29 is 24.2 Å². The highest BCUT2D eigenvalue weighted by molar-refractivity contribution is 5.79. The number of rotatable bonds is 6. The van der Waals surface area contributed by atoms with Crippen molar-refractivity contribution in [3.63, 3.8) is 0 Å². The normalized spacial score (nSPS) is 16.9. The summed E-state index contributed by atoms with van der Waals surface area (Å²) in [5.41, 5.74) is 0.786. The number of ether oxygens (including phenoxy) is 2. The third-order valence-electron chi connectivity index (χ3n) is 5.10. The minimum Gasteiger partial charge on any atom is -0.476 e. The molecular formula is C23H27NO5. The highest BCUT2D eigenvalue weighted by atomic mass is 16.6. The molecule has 1 saturated heterocycles. The third-order valence-corrected chi connectivity index (χ3v) is 5.10. The van der Waals surface area contributed by atoms with Gasteiger partial charge in [-0.05, 0) is 49.9 Å². The van der Waals surface area contributed by atoms with Crippen molar-refractivity contribution in [1.82, 2.24) is 4.90 Å². The van der Waals surface area contributed by atoms with E-state index in [9.17, 15) is 14.7 Å². The number of hydrogen-bond acceptors (Lipinski definition) is 4. The van der Waals surface area contributed by atoms with Gasteiger partial charge >= 0.3 is 12.1 Å². The molecule has 3 rings (SSSR count). The number of piperidine rings is 1. The van der Waals surface area contributed by atoms with Crippen LogP contribution < -0.4 is 4.74 Å². The predicted molar refractivity (Wildman–Crippen MR) is 109 cm³/mol. The van der Waals surface area contributed by atoms with Gasteiger partial charge in [0.2, 0.25) is 0 Å². The Balaban J connectivity index is 1.63. The number of hydrogen-bond donors (Lipinski definition) is 1. The lowest BCUT2D eigenvalue weighted by Gasteiger charge is -2.31. The van der Waals surface area contributed by atoms with E-state index >= 15 is 0 Å². The molecule has 1 amide bonds. The van der Waals surface area contributed by atoms with Crippen LogP contribution in [0.15, 0.2) is 54.6 Å². The first kappa shape index (κ1) is 20.7. The van der Waals surface area contributed by atoms with Crippen LogP contribution in [-0.4, -0.2) is 40.8 Å². The van der Waals surface area contributed by atoms with Crippen molar-refractivity contribution in [1.29, 1.82) is 0 Å². The summed E-state index contributed by atoms with van der Waals surface area (Å²) in [5.74, 6) is 0.245. The summed E-state index contributed by atoms with van der Waals surface area (Å²) in [7, 11) is 0. The summed E-state index contributed by atoms with van der Waals surface area (Å²) in [6.45, 7) is 4.60. The van der Waals surface area contributed by atoms with Crippen molar-refractivity contribution in [3.8, 4) is 5.75 Å². The standard InChI is InChI=1S/C23H27NO5/c1-23(2,21(25)28-16-17-8-4-3-5-9-17)29-20-12-6-10-18(14-20)19-11-7-13-24(15-19)22(26)27/h3-6,8-10,12,14,19H,7,11,13,15-16H2,1-2H3,(H,26,27). The zero-order valence-electron chi connectivity index (χ0n) is 16.8. The van der Waals surface area contributed by atoms with E-state index in [1.165, 1.54) is 4.90 Å². The van der Waals surface area contributed by atoms with Crippen LogP contribution >= 0.6 is 0 Å². The first-order valence-corrected chi connectivity index (χ1v) is 9.83. The second-order valence-corrected chi connectivity index (χ2v) is 7.81. The number of carbonyl (C=O) groups is 2. The van der Waals surface area contributed by atoms with Gasteiger partial charge in [-0.2, -0.15) is 0 Å². The SMILES string of the molecule is CC(C)(Oc1cccc(C2CCCN(C(=O)O)C2)c1)C(=O)OCc1ccccc1. The molecule has 2 aromatic rings. The second-order valence-electron chi connectivity index (χ2n) is 7.81. The Hall–Kier alpha value is -3.02. The number of carbonyl (C=O) groups excluding carboxylic acids is 1. The van der Waals surface area contributed by atoms with Gasteiger partial charge in [0, 0.05) is 19.0 Å². The molecule has 1 heterocycles. The molecule has 1 aliphatic rings. The molecule has 0 spiro atoms. The third kappa shape index (κ3) is 5.50. The Morgan fingerprint density at radius 3 is 2.62 bits per heavy atom. The van der Waals surface area contributed by atoms with Crippen LogP contribution in [0.3, 0.4) is 0 Å². The molecule has 29 heavy (non-hydrogen) atoms. The maximum Gasteiger partial charge on any atom is 0.407 e. The lowest BCUT2D eigenvalue weighted by atomic mass is 9.90. The van der Waals surface area contributed by atoms with Gasteiger partial charge in [0.15, 0.2) is 5.60 Å². The van der Waals surface area contributed by atoms with E-state index < -0.39 is 17.7 Å². The fourth-order valence-electron chi connectivity index (χ4n) is 3.49. The molecule has 0 aromatic heterocycles. The van der Waals surface area contributed by atoms with Crippen LogP contribution in [0, 0.1) is 0 Å². The molecule has 6 heteroatoms. The smallest absolute Gasteiger partial charge is 0.407 e. The Morgan fingerprint density at radius 2 is 1.90 bits per heavy atom. The molecule has 0 bridgehead atoms. The summed E-state index contributed by atoms with van der Waals surface area (Å²) in [6.07, 6.45) is 0.874. The zero-order valence-corrected chi connectivity index (χ0v) is 16.8. The van der Waals surface area contributed by atoms with Gasteiger partial charge in [0.05, 0.1) is 0 Å². The summed E-state index contributed by atoms with van der Waals surface area (Å²) >= 11 is 0. The lowest BCUT2D eigenvalue weighted by molar-refractivity contribution is -0.160. The van der Waals surface area contributed by atoms with Crippen LogP contribution in [0.25, 0.3) is 0 Å². The van der Waals surface area contributed by atoms with Gasteiger partial charge < -0.3 is 19.5 Å². The van der Waals surface area contributed by atoms with E-state index in [1.807, 2.05) is 48.5 Å². The van der Waals surface area contributed by atoms with Crippen LogP contribution in [0.1, 0.15) is 43.7 Å². The van der Waals surface area contributed by atoms with Gasteiger partial charge in [-0.15, -0.1) is 0 Å². The Kier molecular flexibility index (Phi) is 6.42. The molecule has 1 aliphatic heterocycles. The van der Waals surface area contributed by atoms with Crippen LogP contribution in [0.5, 0.6) is 5.75 Å². The second kappa shape index (κ2) is 8.99. The van der Waals surface area contributed by atoms with Crippen molar-refractivity contribution in [2.75, 3.05) is 13.1 Å². The molecular weight excluding hydrogens is 370 g/mol. The van der Waals surface area contributed by atoms with E-state index in [1.54, 1.807) is 19.9 Å². The first-order chi connectivity index (χ1) is 13.8. The summed E-state index contributed by atoms with van der Waals surface area (Å²) in [6, 6.07) is 17.0. The molecule has 0 saturated carbocycles. The van der Waals surface area contributed by atoms with Gasteiger partial charge in [-0.1, -0.05) is 42.5 Å². The zero-order chi connectivity index (χ0) is 20.9. The molecule has 1 N–H and O–H groups in total. The van der Waals surface area contributed by atoms with Crippen LogP contribution in [-0.2, 0) is 16.1 Å². The largest absolute Gasteiger partial charge is 0.476 e. The number of amides is 1. The minimum absolute atomic E-state index is 0.122. The average molecular weight is 397 g/mol. The van der Waals surface area contributed by atoms with Gasteiger partial charge in [-0.25, -0.2) is 9.59 Å². The summed E-state index contributed by atoms with van der Waals surface area (Å²) in [4.78, 5) is 25.3. The highest BCUT2D eigenvalue weighted by Gasteiger charge is 2.32. The van der Waals surface area contributed by atoms with Crippen molar-refractivity contribution >= 4 is 12.1 Å². The molecule has 154 valence electrons. The Labute approximate surface area is 171 Å². The molecule has 2 aromatic carbocycles. The Bertz CT molecular complexity index is 849. The molecule has 0 radical (unpaired) electrons. The van der Waals surface area contributed by atoms with E-state index in [0.717, 1.165) is 24.0 Å². The monoisotopic (exact) mass is 397 g/mol. The lowest BCUT2D eigenvalue weighted by Crippen LogP contribution is -2.40. The van der Waals surface area contributed by atoms with Gasteiger partial charge in [0.1, 0.15) is 12.4 Å². The quantitative estimate of drug-likeness (QED) is 0.729. The van der Waals surface area contributed by atoms with Crippen molar-refractivity contribution in [2.45, 2.75) is 44.8 Å². The van der Waals surface area contributed by atoms with Gasteiger partial charge in [0.25, 0.3) is 0 Å². The number of carboxylic acid groups (broad SMARTS) is 1. The number of likely N-dealkylation sites (tertiary alicyclic amines) is 1. The molecule has 1 atom stereocenters. The van der Waals surface area contributed by atoms with Crippen LogP contribution in [0.2, 0.25) is 0 Å². The van der Waals surface area contributed by atoms with Crippen molar-refractivity contribution in [2.24, 2.45) is 0 Å². The summed E-state index contributed by atoms with van der Waals surface area (Å²) in [5, 5.41) is 9.25. The molecule has 0 aliphatic carbocycles. The molecule has 1 unspecified atom stereocenters. The Morgan fingerprint density at radius 1 is 1.14 bits per heavy atom. The predicted octanol–water partition coefficient (Wildman–Crippen LogP) is 4.44. The van der Waals surface area contributed by atoms with E-state index in [4.69, 9.17) is 9.47 Å². The fourth-order valence-corrected chi connectivity index (χ4v) is 3.49. The van der Waals surface area contributed by atoms with E-state index in [2.05, 4.69) is 0 Å². The molecule has 6 nitrogen and oxygen atoms in total. The minimum atomic E-state index is -1.15. The van der Waals surface area contributed by atoms with Gasteiger partial charge in [-0.3, -0.25) is 0 Å².